The van der Waals surface area contributed by atoms with Gasteiger partial charge in [0, 0.05) is 0 Å². The summed E-state index contributed by atoms with van der Waals surface area (Å²) >= 11 is 0. The summed E-state index contributed by atoms with van der Waals surface area (Å²) in [6.07, 6.45) is 9.49. The lowest BCUT2D eigenvalue weighted by molar-refractivity contribution is -0.0855. The Hall–Kier alpha value is -0.0800. The number of aliphatic hydroxyl groups excluding tert-OH is 1. The highest BCUT2D eigenvalue weighted by Gasteiger charge is 2.51. The fourth-order valence-corrected chi connectivity index (χ4v) is 6.01. The number of hydrogen-bond donors (Lipinski definition) is 2. The third-order valence-corrected chi connectivity index (χ3v) is 6.43. The van der Waals surface area contributed by atoms with Gasteiger partial charge in [0.05, 0.1) is 6.10 Å². The van der Waals surface area contributed by atoms with Gasteiger partial charge in [-0.25, -0.2) is 0 Å². The molecule has 0 amide bonds. The zero-order valence-electron chi connectivity index (χ0n) is 12.6. The van der Waals surface area contributed by atoms with Crippen LogP contribution < -0.4 is 5.73 Å². The molecule has 0 radical (unpaired) electrons. The Morgan fingerprint density at radius 3 is 1.89 bits per heavy atom. The van der Waals surface area contributed by atoms with Crippen molar-refractivity contribution < 1.29 is 5.11 Å². The standard InChI is InChI=1S/C17H31NO/c1-11(2)15(10-18)16(19)9-17-6-12-3-13(7-17)5-14(4-12)8-17/h11-16,19H,3-10,18H2,1-2H3. The Bertz CT molecular complexity index is 290. The van der Waals surface area contributed by atoms with Crippen molar-refractivity contribution in [3.8, 4) is 0 Å². The van der Waals surface area contributed by atoms with Crippen molar-refractivity contribution in [3.05, 3.63) is 0 Å². The fourth-order valence-electron chi connectivity index (χ4n) is 6.01. The predicted molar refractivity (Wildman–Crippen MR) is 78.6 cm³/mol. The predicted octanol–water partition coefficient (Wildman–Crippen LogP) is 3.18. The van der Waals surface area contributed by atoms with E-state index in [1.54, 1.807) is 0 Å². The van der Waals surface area contributed by atoms with Gasteiger partial charge in [0.15, 0.2) is 0 Å². The summed E-state index contributed by atoms with van der Waals surface area (Å²) in [5, 5.41) is 10.7. The number of hydrogen-bond acceptors (Lipinski definition) is 2. The van der Waals surface area contributed by atoms with Crippen LogP contribution >= 0.6 is 0 Å². The molecule has 0 aliphatic heterocycles. The highest BCUT2D eigenvalue weighted by Crippen LogP contribution is 2.61. The van der Waals surface area contributed by atoms with Crippen molar-refractivity contribution in [1.82, 2.24) is 0 Å². The second-order valence-corrected chi connectivity index (χ2v) is 8.33. The zero-order valence-corrected chi connectivity index (χ0v) is 12.6. The summed E-state index contributed by atoms with van der Waals surface area (Å²) in [6.45, 7) is 5.02. The van der Waals surface area contributed by atoms with Gasteiger partial charge in [0.25, 0.3) is 0 Å². The van der Waals surface area contributed by atoms with Crippen LogP contribution in [0.25, 0.3) is 0 Å². The molecular weight excluding hydrogens is 234 g/mol. The lowest BCUT2D eigenvalue weighted by Gasteiger charge is -2.57. The lowest BCUT2D eigenvalue weighted by atomic mass is 9.48. The van der Waals surface area contributed by atoms with E-state index in [1.165, 1.54) is 38.5 Å². The molecule has 0 aromatic rings. The van der Waals surface area contributed by atoms with E-state index in [4.69, 9.17) is 5.73 Å². The Morgan fingerprint density at radius 2 is 1.53 bits per heavy atom. The van der Waals surface area contributed by atoms with Gasteiger partial charge in [-0.05, 0) is 86.5 Å². The monoisotopic (exact) mass is 265 g/mol. The smallest absolute Gasteiger partial charge is 0.0588 e. The minimum absolute atomic E-state index is 0.179. The Kier molecular flexibility index (Phi) is 3.68. The molecule has 4 fully saturated rings. The zero-order chi connectivity index (χ0) is 13.6. The van der Waals surface area contributed by atoms with Gasteiger partial charge in [-0.15, -0.1) is 0 Å². The fraction of sp³-hybridized carbons (Fsp3) is 1.00. The van der Waals surface area contributed by atoms with Gasteiger partial charge < -0.3 is 10.8 Å². The first-order chi connectivity index (χ1) is 9.01. The molecule has 2 atom stereocenters. The van der Waals surface area contributed by atoms with Crippen LogP contribution in [-0.4, -0.2) is 17.8 Å². The van der Waals surface area contributed by atoms with Crippen molar-refractivity contribution in [3.63, 3.8) is 0 Å². The van der Waals surface area contributed by atoms with E-state index in [9.17, 15) is 5.11 Å². The normalized spacial score (nSPS) is 43.7. The SMILES string of the molecule is CC(C)C(CN)C(O)CC12CC3CC(CC(C3)C1)C2. The maximum atomic E-state index is 10.7. The first-order valence-electron chi connectivity index (χ1n) is 8.39. The van der Waals surface area contributed by atoms with Gasteiger partial charge in [-0.1, -0.05) is 13.8 Å². The average Bonchev–Trinajstić information content (AvgIpc) is 2.25. The van der Waals surface area contributed by atoms with E-state index in [1.807, 2.05) is 0 Å². The number of rotatable bonds is 5. The molecule has 0 aromatic heterocycles. The number of aliphatic hydroxyl groups is 1. The third kappa shape index (κ3) is 2.58. The quantitative estimate of drug-likeness (QED) is 0.802. The van der Waals surface area contributed by atoms with Crippen molar-refractivity contribution >= 4 is 0 Å². The van der Waals surface area contributed by atoms with Crippen LogP contribution in [0.4, 0.5) is 0 Å². The Balaban J connectivity index is 1.69. The third-order valence-electron chi connectivity index (χ3n) is 6.43. The first-order valence-corrected chi connectivity index (χ1v) is 8.39. The second kappa shape index (κ2) is 5.04. The van der Waals surface area contributed by atoms with Gasteiger partial charge in [-0.2, -0.15) is 0 Å². The van der Waals surface area contributed by atoms with E-state index in [0.717, 1.165) is 24.2 Å². The van der Waals surface area contributed by atoms with Crippen LogP contribution in [0.5, 0.6) is 0 Å². The van der Waals surface area contributed by atoms with E-state index in [0.29, 0.717) is 17.9 Å². The molecule has 3 N–H and O–H groups in total. The summed E-state index contributed by atoms with van der Waals surface area (Å²) in [6, 6.07) is 0. The van der Waals surface area contributed by atoms with Crippen LogP contribution in [0, 0.1) is 35.0 Å². The summed E-state index contributed by atoms with van der Waals surface area (Å²) < 4.78 is 0. The summed E-state index contributed by atoms with van der Waals surface area (Å²) in [7, 11) is 0. The summed E-state index contributed by atoms with van der Waals surface area (Å²) in [5.74, 6) is 3.72. The molecule has 4 bridgehead atoms. The van der Waals surface area contributed by atoms with Gasteiger partial charge in [-0.3, -0.25) is 0 Å². The molecule has 0 heterocycles. The molecule has 4 rings (SSSR count). The van der Waals surface area contributed by atoms with Crippen LogP contribution in [0.1, 0.15) is 58.8 Å². The van der Waals surface area contributed by atoms with Crippen molar-refractivity contribution in [1.29, 1.82) is 0 Å². The lowest BCUT2D eigenvalue weighted by Crippen LogP contribution is -2.48. The molecule has 0 spiro atoms. The van der Waals surface area contributed by atoms with Crippen LogP contribution in [0.2, 0.25) is 0 Å². The van der Waals surface area contributed by atoms with E-state index >= 15 is 0 Å². The summed E-state index contributed by atoms with van der Waals surface area (Å²) in [4.78, 5) is 0. The summed E-state index contributed by atoms with van der Waals surface area (Å²) in [5.41, 5.74) is 6.36. The molecule has 0 saturated heterocycles. The highest BCUT2D eigenvalue weighted by molar-refractivity contribution is 5.02. The molecule has 4 aliphatic rings. The largest absolute Gasteiger partial charge is 0.393 e. The van der Waals surface area contributed by atoms with Gasteiger partial charge in [0.1, 0.15) is 0 Å². The number of nitrogens with two attached hydrogens (primary N) is 1. The van der Waals surface area contributed by atoms with Crippen LogP contribution in [0.15, 0.2) is 0 Å². The molecule has 0 aromatic carbocycles. The van der Waals surface area contributed by atoms with Gasteiger partial charge >= 0.3 is 0 Å². The second-order valence-electron chi connectivity index (χ2n) is 8.33. The van der Waals surface area contributed by atoms with Crippen LogP contribution in [-0.2, 0) is 0 Å². The minimum atomic E-state index is -0.179. The maximum Gasteiger partial charge on any atom is 0.0588 e. The van der Waals surface area contributed by atoms with Gasteiger partial charge in [0.2, 0.25) is 0 Å². The molecular formula is C17H31NO. The minimum Gasteiger partial charge on any atom is -0.393 e. The van der Waals surface area contributed by atoms with E-state index < -0.39 is 0 Å². The van der Waals surface area contributed by atoms with Crippen molar-refractivity contribution in [2.45, 2.75) is 64.9 Å². The van der Waals surface area contributed by atoms with Crippen molar-refractivity contribution in [2.24, 2.45) is 40.7 Å². The van der Waals surface area contributed by atoms with E-state index in [-0.39, 0.29) is 12.0 Å². The first kappa shape index (κ1) is 13.9. The molecule has 4 saturated carbocycles. The Morgan fingerprint density at radius 1 is 1.05 bits per heavy atom. The topological polar surface area (TPSA) is 46.2 Å². The molecule has 2 nitrogen and oxygen atoms in total. The van der Waals surface area contributed by atoms with Crippen molar-refractivity contribution in [2.75, 3.05) is 6.54 Å². The molecule has 2 heteroatoms. The highest BCUT2D eigenvalue weighted by atomic mass is 16.3. The average molecular weight is 265 g/mol. The Labute approximate surface area is 118 Å². The molecule has 110 valence electrons. The molecule has 4 aliphatic carbocycles. The maximum absolute atomic E-state index is 10.7. The molecule has 19 heavy (non-hydrogen) atoms. The van der Waals surface area contributed by atoms with E-state index in [2.05, 4.69) is 13.8 Å². The van der Waals surface area contributed by atoms with Crippen LogP contribution in [0.3, 0.4) is 0 Å². The molecule has 2 unspecified atom stereocenters.